The first-order valence-electron chi connectivity index (χ1n) is 5.89. The summed E-state index contributed by atoms with van der Waals surface area (Å²) in [5.74, 6) is 0.634. The summed E-state index contributed by atoms with van der Waals surface area (Å²) in [6, 6.07) is 9.60. The van der Waals surface area contributed by atoms with Gasteiger partial charge in [-0.2, -0.15) is 0 Å². The summed E-state index contributed by atoms with van der Waals surface area (Å²) in [6.07, 6.45) is 1.36. The summed E-state index contributed by atoms with van der Waals surface area (Å²) in [4.78, 5) is 12.6. The van der Waals surface area contributed by atoms with Crippen LogP contribution in [0.2, 0.25) is 5.02 Å². The van der Waals surface area contributed by atoms with Crippen LogP contribution in [0.3, 0.4) is 0 Å². The highest BCUT2D eigenvalue weighted by atomic mass is 35.5. The Bertz CT molecular complexity index is 572. The van der Waals surface area contributed by atoms with Gasteiger partial charge in [0.1, 0.15) is 18.6 Å². The minimum Gasteiger partial charge on any atom is -0.491 e. The molecule has 6 heteroatoms. The number of halogens is 2. The molecule has 0 bridgehead atoms. The van der Waals surface area contributed by atoms with Crippen LogP contribution in [0.25, 0.3) is 10.4 Å². The van der Waals surface area contributed by atoms with Gasteiger partial charge in [-0.25, -0.2) is 0 Å². The molecule has 1 heterocycles. The maximum Gasteiger partial charge on any atom is 0.138 e. The molecule has 2 rings (SSSR count). The van der Waals surface area contributed by atoms with Crippen molar-refractivity contribution >= 4 is 41.6 Å². The molecule has 3 nitrogen and oxygen atoms in total. The molecule has 0 atom stereocenters. The molecule has 2 N–H and O–H groups in total. The van der Waals surface area contributed by atoms with Gasteiger partial charge >= 0.3 is 0 Å². The Morgan fingerprint density at radius 2 is 2.10 bits per heavy atom. The van der Waals surface area contributed by atoms with E-state index >= 15 is 0 Å². The normalized spacial score (nSPS) is 9.90. The Hall–Kier alpha value is -1.07. The van der Waals surface area contributed by atoms with E-state index in [0.29, 0.717) is 30.3 Å². The fourth-order valence-electron chi connectivity index (χ4n) is 1.66. The monoisotopic (exact) mass is 331 g/mol. The highest BCUT2D eigenvalue weighted by Gasteiger charge is 2.07. The third-order valence-electron chi connectivity index (χ3n) is 2.54. The molecule has 1 aromatic heterocycles. The summed E-state index contributed by atoms with van der Waals surface area (Å²) in [7, 11) is 0. The predicted molar refractivity (Wildman–Crippen MR) is 86.3 cm³/mol. The molecule has 108 valence electrons. The van der Waals surface area contributed by atoms with Crippen LogP contribution < -0.4 is 10.5 Å². The third-order valence-corrected chi connectivity index (χ3v) is 4.01. The smallest absolute Gasteiger partial charge is 0.138 e. The lowest BCUT2D eigenvalue weighted by molar-refractivity contribution is -0.107. The van der Waals surface area contributed by atoms with Crippen molar-refractivity contribution in [2.24, 2.45) is 5.73 Å². The van der Waals surface area contributed by atoms with Crippen molar-refractivity contribution in [2.75, 3.05) is 13.2 Å². The van der Waals surface area contributed by atoms with Crippen molar-refractivity contribution in [2.45, 2.75) is 6.42 Å². The molecule has 0 unspecified atom stereocenters. The first-order valence-corrected chi connectivity index (χ1v) is 7.09. The van der Waals surface area contributed by atoms with Gasteiger partial charge in [0.2, 0.25) is 0 Å². The number of ether oxygens (including phenoxy) is 1. The molecule has 0 fully saturated rings. The second kappa shape index (κ2) is 8.27. The Balaban J connectivity index is 0.00000200. The van der Waals surface area contributed by atoms with E-state index in [-0.39, 0.29) is 12.4 Å². The third kappa shape index (κ3) is 4.21. The molecule has 0 amide bonds. The van der Waals surface area contributed by atoms with Crippen molar-refractivity contribution in [3.63, 3.8) is 0 Å². The lowest BCUT2D eigenvalue weighted by atomic mass is 10.2. The highest BCUT2D eigenvalue weighted by molar-refractivity contribution is 7.15. The van der Waals surface area contributed by atoms with Gasteiger partial charge in [-0.05, 0) is 29.8 Å². The largest absolute Gasteiger partial charge is 0.491 e. The van der Waals surface area contributed by atoms with Crippen molar-refractivity contribution in [1.29, 1.82) is 0 Å². The molecule has 0 aliphatic rings. The van der Waals surface area contributed by atoms with Gasteiger partial charge in [0, 0.05) is 22.7 Å². The number of aldehydes is 1. The van der Waals surface area contributed by atoms with Gasteiger partial charge in [0.15, 0.2) is 0 Å². The first-order chi connectivity index (χ1) is 9.24. The summed E-state index contributed by atoms with van der Waals surface area (Å²) in [5, 5.41) is 0.571. The molecule has 0 saturated heterocycles. The quantitative estimate of drug-likeness (QED) is 0.823. The van der Waals surface area contributed by atoms with E-state index < -0.39 is 0 Å². The van der Waals surface area contributed by atoms with Gasteiger partial charge in [0.05, 0.1) is 5.02 Å². The van der Waals surface area contributed by atoms with Crippen LogP contribution in [-0.4, -0.2) is 19.4 Å². The fraction of sp³-hybridized carbons (Fsp3) is 0.214. The summed E-state index contributed by atoms with van der Waals surface area (Å²) in [6.45, 7) is 0.882. The van der Waals surface area contributed by atoms with Crippen LogP contribution >= 0.6 is 35.3 Å². The highest BCUT2D eigenvalue weighted by Crippen LogP contribution is 2.34. The van der Waals surface area contributed by atoms with Gasteiger partial charge in [-0.1, -0.05) is 17.7 Å². The topological polar surface area (TPSA) is 52.3 Å². The average Bonchev–Trinajstić information content (AvgIpc) is 2.87. The number of carbonyl (C=O) groups is 1. The minimum atomic E-state index is 0. The minimum absolute atomic E-state index is 0. The maximum absolute atomic E-state index is 10.5. The van der Waals surface area contributed by atoms with Crippen LogP contribution in [0.15, 0.2) is 30.3 Å². The average molecular weight is 332 g/mol. The van der Waals surface area contributed by atoms with Crippen LogP contribution in [0.1, 0.15) is 4.88 Å². The number of thiophene rings is 1. The van der Waals surface area contributed by atoms with Crippen molar-refractivity contribution < 1.29 is 9.53 Å². The van der Waals surface area contributed by atoms with Gasteiger partial charge < -0.3 is 15.3 Å². The van der Waals surface area contributed by atoms with Gasteiger partial charge in [-0.15, -0.1) is 23.7 Å². The summed E-state index contributed by atoms with van der Waals surface area (Å²) in [5.41, 5.74) is 6.44. The Morgan fingerprint density at radius 3 is 2.80 bits per heavy atom. The zero-order chi connectivity index (χ0) is 13.7. The molecular formula is C14H15Cl2NO2S. The van der Waals surface area contributed by atoms with E-state index in [9.17, 15) is 4.79 Å². The zero-order valence-corrected chi connectivity index (χ0v) is 13.1. The Labute approximate surface area is 133 Å². The van der Waals surface area contributed by atoms with E-state index in [2.05, 4.69) is 0 Å². The van der Waals surface area contributed by atoms with Gasteiger partial charge in [0.25, 0.3) is 0 Å². The molecule has 2 aromatic rings. The van der Waals surface area contributed by atoms with E-state index in [1.54, 1.807) is 11.3 Å². The van der Waals surface area contributed by atoms with Crippen LogP contribution in [0, 0.1) is 0 Å². The van der Waals surface area contributed by atoms with Crippen molar-refractivity contribution in [1.82, 2.24) is 0 Å². The molecule has 0 radical (unpaired) electrons. The first kappa shape index (κ1) is 17.0. The predicted octanol–water partition coefficient (Wildman–Crippen LogP) is 3.57. The van der Waals surface area contributed by atoms with Crippen LogP contribution in [0.4, 0.5) is 0 Å². The standard InChI is InChI=1S/C14H14ClNO2S.ClH/c15-12-3-1-10(9-13(12)18-8-6-16)14-4-2-11(19-14)5-7-17;/h1-4,7,9H,5-6,8,16H2;1H. The second-order valence-corrected chi connectivity index (χ2v) is 5.49. The number of rotatable bonds is 6. The fourth-order valence-corrected chi connectivity index (χ4v) is 2.78. The number of benzene rings is 1. The van der Waals surface area contributed by atoms with E-state index in [0.717, 1.165) is 21.6 Å². The zero-order valence-electron chi connectivity index (χ0n) is 10.7. The second-order valence-electron chi connectivity index (χ2n) is 3.92. The van der Waals surface area contributed by atoms with Gasteiger partial charge in [-0.3, -0.25) is 0 Å². The molecular weight excluding hydrogens is 317 g/mol. The van der Waals surface area contributed by atoms with Crippen LogP contribution in [0.5, 0.6) is 5.75 Å². The molecule has 0 aliphatic carbocycles. The molecule has 0 saturated carbocycles. The van der Waals surface area contributed by atoms with Crippen LogP contribution in [-0.2, 0) is 11.2 Å². The lowest BCUT2D eigenvalue weighted by Gasteiger charge is -2.08. The Kier molecular flexibility index (Phi) is 7.02. The molecule has 1 aromatic carbocycles. The summed E-state index contributed by atoms with van der Waals surface area (Å²) < 4.78 is 5.49. The summed E-state index contributed by atoms with van der Waals surface area (Å²) >= 11 is 7.66. The number of hydrogen-bond donors (Lipinski definition) is 1. The molecule has 0 aliphatic heterocycles. The SMILES string of the molecule is Cl.NCCOc1cc(-c2ccc(CC=O)s2)ccc1Cl. The maximum atomic E-state index is 10.5. The van der Waals surface area contributed by atoms with Crippen molar-refractivity contribution in [3.05, 3.63) is 40.2 Å². The Morgan fingerprint density at radius 1 is 1.30 bits per heavy atom. The van der Waals surface area contributed by atoms with Crippen molar-refractivity contribution in [3.8, 4) is 16.2 Å². The number of nitrogens with two attached hydrogens (primary N) is 1. The number of hydrogen-bond acceptors (Lipinski definition) is 4. The van der Waals surface area contributed by atoms with E-state index in [4.69, 9.17) is 22.1 Å². The molecule has 0 spiro atoms. The number of carbonyl (C=O) groups excluding carboxylic acids is 1. The van der Waals surface area contributed by atoms with E-state index in [1.807, 2.05) is 30.3 Å². The lowest BCUT2D eigenvalue weighted by Crippen LogP contribution is -2.10. The van der Waals surface area contributed by atoms with E-state index in [1.165, 1.54) is 0 Å². The molecule has 20 heavy (non-hydrogen) atoms.